The van der Waals surface area contributed by atoms with Crippen LogP contribution < -0.4 is 5.73 Å². The van der Waals surface area contributed by atoms with Crippen LogP contribution in [0, 0.1) is 10.1 Å². The third kappa shape index (κ3) is 1.73. The third-order valence-electron chi connectivity index (χ3n) is 1.44. The molecule has 0 saturated heterocycles. The summed E-state index contributed by atoms with van der Waals surface area (Å²) in [5.74, 6) is -0.746. The molecule has 1 rings (SSSR count). The first-order chi connectivity index (χ1) is 6.34. The Labute approximate surface area is 75.5 Å². The molecule has 1 aromatic heterocycles. The van der Waals surface area contributed by atoms with Crippen LogP contribution in [0.1, 0.15) is 5.56 Å². The van der Waals surface area contributed by atoms with Gasteiger partial charge in [0, 0.05) is 6.20 Å². The average molecular weight is 207 g/mol. The highest BCUT2D eigenvalue weighted by Gasteiger charge is 2.39. The highest BCUT2D eigenvalue weighted by atomic mass is 19.4. The molecule has 76 valence electrons. The number of nitrogens with zero attached hydrogens (tertiary/aromatic N) is 2. The smallest absolute Gasteiger partial charge is 0.378 e. The molecule has 5 nitrogen and oxygen atoms in total. The van der Waals surface area contributed by atoms with Gasteiger partial charge in [0.15, 0.2) is 0 Å². The summed E-state index contributed by atoms with van der Waals surface area (Å²) in [5.41, 5.74) is 2.36. The normalized spacial score (nSPS) is 11.4. The van der Waals surface area contributed by atoms with Crippen LogP contribution in [0.4, 0.5) is 24.7 Å². The molecule has 0 bridgehead atoms. The predicted octanol–water partition coefficient (Wildman–Crippen LogP) is 1.59. The van der Waals surface area contributed by atoms with Gasteiger partial charge in [-0.15, -0.1) is 0 Å². The summed E-state index contributed by atoms with van der Waals surface area (Å²) < 4.78 is 36.6. The fraction of sp³-hybridized carbons (Fsp3) is 0.167. The van der Waals surface area contributed by atoms with E-state index in [9.17, 15) is 23.3 Å². The predicted molar refractivity (Wildman–Crippen MR) is 40.3 cm³/mol. The first-order valence-corrected chi connectivity index (χ1v) is 3.30. The maximum atomic E-state index is 12.2. The van der Waals surface area contributed by atoms with E-state index in [4.69, 9.17) is 5.73 Å². The van der Waals surface area contributed by atoms with E-state index in [1.54, 1.807) is 0 Å². The molecule has 0 aliphatic carbocycles. The van der Waals surface area contributed by atoms with Crippen molar-refractivity contribution in [3.05, 3.63) is 27.9 Å². The Bertz CT molecular complexity index is 377. The van der Waals surface area contributed by atoms with Gasteiger partial charge in [-0.05, 0) is 6.07 Å². The molecule has 0 saturated carbocycles. The van der Waals surface area contributed by atoms with E-state index in [0.29, 0.717) is 6.07 Å². The summed E-state index contributed by atoms with van der Waals surface area (Å²) in [4.78, 5) is 12.3. The molecule has 2 N–H and O–H groups in total. The minimum Gasteiger partial charge on any atom is -0.378 e. The zero-order valence-electron chi connectivity index (χ0n) is 6.58. The third-order valence-corrected chi connectivity index (χ3v) is 1.44. The molecule has 0 fully saturated rings. The van der Waals surface area contributed by atoms with Crippen molar-refractivity contribution in [2.75, 3.05) is 5.73 Å². The van der Waals surface area contributed by atoms with Gasteiger partial charge in [-0.25, -0.2) is 4.98 Å². The van der Waals surface area contributed by atoms with Gasteiger partial charge >= 0.3 is 11.9 Å². The number of aromatic nitrogens is 1. The van der Waals surface area contributed by atoms with Crippen molar-refractivity contribution in [3.8, 4) is 0 Å². The lowest BCUT2D eigenvalue weighted by Gasteiger charge is -2.07. The summed E-state index contributed by atoms with van der Waals surface area (Å²) in [6.07, 6.45) is -4.04. The zero-order chi connectivity index (χ0) is 10.9. The molecule has 0 spiro atoms. The Balaban J connectivity index is 3.44. The maximum Gasteiger partial charge on any atom is 0.423 e. The van der Waals surface area contributed by atoms with Gasteiger partial charge in [0.2, 0.25) is 5.82 Å². The van der Waals surface area contributed by atoms with Gasteiger partial charge < -0.3 is 5.73 Å². The van der Waals surface area contributed by atoms with Gasteiger partial charge in [-0.2, -0.15) is 13.2 Å². The highest BCUT2D eigenvalue weighted by molar-refractivity contribution is 5.58. The maximum absolute atomic E-state index is 12.2. The van der Waals surface area contributed by atoms with Gasteiger partial charge in [-0.1, -0.05) is 0 Å². The van der Waals surface area contributed by atoms with Gasteiger partial charge in [0.05, 0.1) is 4.92 Å². The lowest BCUT2D eigenvalue weighted by atomic mass is 10.2. The minimum absolute atomic E-state index is 0.508. The molecule has 0 amide bonds. The molecular weight excluding hydrogens is 203 g/mol. The molecule has 14 heavy (non-hydrogen) atoms. The molecule has 0 aliphatic heterocycles. The van der Waals surface area contributed by atoms with Crippen LogP contribution in [0.2, 0.25) is 0 Å². The summed E-state index contributed by atoms with van der Waals surface area (Å²) in [6.45, 7) is 0. The van der Waals surface area contributed by atoms with E-state index in [0.717, 1.165) is 6.20 Å². The van der Waals surface area contributed by atoms with E-state index in [-0.39, 0.29) is 0 Å². The van der Waals surface area contributed by atoms with Crippen LogP contribution in [0.25, 0.3) is 0 Å². The SMILES string of the molecule is Nc1nccc(C(F)(F)F)c1[N+](=O)[O-]. The number of nitrogens with two attached hydrogens (primary N) is 1. The highest BCUT2D eigenvalue weighted by Crippen LogP contribution is 2.37. The van der Waals surface area contributed by atoms with Crippen molar-refractivity contribution >= 4 is 11.5 Å². The standard InChI is InChI=1S/C6H4F3N3O2/c7-6(8,9)3-1-2-11-5(10)4(3)12(13)14/h1-2H,(H2,10,11). The van der Waals surface area contributed by atoms with Crippen LogP contribution in [0.5, 0.6) is 0 Å². The lowest BCUT2D eigenvalue weighted by molar-refractivity contribution is -0.387. The average Bonchev–Trinajstić information content (AvgIpc) is 2.01. The van der Waals surface area contributed by atoms with Crippen LogP contribution in [-0.2, 0) is 6.18 Å². The lowest BCUT2D eigenvalue weighted by Crippen LogP contribution is -2.11. The Morgan fingerprint density at radius 1 is 1.50 bits per heavy atom. The number of hydrogen-bond donors (Lipinski definition) is 1. The number of hydrogen-bond acceptors (Lipinski definition) is 4. The summed E-state index contributed by atoms with van der Waals surface area (Å²) in [5, 5.41) is 10.3. The van der Waals surface area contributed by atoms with E-state index in [1.165, 1.54) is 0 Å². The second-order valence-electron chi connectivity index (χ2n) is 2.35. The second-order valence-corrected chi connectivity index (χ2v) is 2.35. The fourth-order valence-corrected chi connectivity index (χ4v) is 0.891. The number of nitrogen functional groups attached to an aromatic ring is 1. The first-order valence-electron chi connectivity index (χ1n) is 3.30. The van der Waals surface area contributed by atoms with Gasteiger partial charge in [-0.3, -0.25) is 10.1 Å². The monoisotopic (exact) mass is 207 g/mol. The van der Waals surface area contributed by atoms with E-state index in [1.807, 2.05) is 0 Å². The summed E-state index contributed by atoms with van der Waals surface area (Å²) in [7, 11) is 0. The van der Waals surface area contributed by atoms with E-state index in [2.05, 4.69) is 4.98 Å². The molecule has 8 heteroatoms. The molecule has 1 heterocycles. The number of pyridine rings is 1. The molecule has 0 atom stereocenters. The number of alkyl halides is 3. The fourth-order valence-electron chi connectivity index (χ4n) is 0.891. The van der Waals surface area contributed by atoms with Crippen molar-refractivity contribution in [2.24, 2.45) is 0 Å². The first kappa shape index (κ1) is 10.2. The number of anilines is 1. The van der Waals surface area contributed by atoms with Crippen LogP contribution >= 0.6 is 0 Å². The summed E-state index contributed by atoms with van der Waals surface area (Å²) >= 11 is 0. The molecular formula is C6H4F3N3O2. The van der Waals surface area contributed by atoms with E-state index < -0.39 is 28.2 Å². The Hall–Kier alpha value is -1.86. The van der Waals surface area contributed by atoms with Crippen LogP contribution in [0.3, 0.4) is 0 Å². The molecule has 1 aromatic rings. The Morgan fingerprint density at radius 2 is 2.07 bits per heavy atom. The van der Waals surface area contributed by atoms with Crippen molar-refractivity contribution in [1.29, 1.82) is 0 Å². The topological polar surface area (TPSA) is 82.0 Å². The number of rotatable bonds is 1. The van der Waals surface area contributed by atoms with Crippen molar-refractivity contribution in [3.63, 3.8) is 0 Å². The van der Waals surface area contributed by atoms with Crippen molar-refractivity contribution in [2.45, 2.75) is 6.18 Å². The van der Waals surface area contributed by atoms with Crippen LogP contribution in [-0.4, -0.2) is 9.91 Å². The van der Waals surface area contributed by atoms with Crippen LogP contribution in [0.15, 0.2) is 12.3 Å². The van der Waals surface area contributed by atoms with Crippen molar-refractivity contribution in [1.82, 2.24) is 4.98 Å². The van der Waals surface area contributed by atoms with Crippen molar-refractivity contribution < 1.29 is 18.1 Å². The Kier molecular flexibility index (Phi) is 2.28. The molecule has 0 aromatic carbocycles. The second kappa shape index (κ2) is 3.13. The number of halogens is 3. The minimum atomic E-state index is -4.81. The van der Waals surface area contributed by atoms with Gasteiger partial charge in [0.1, 0.15) is 5.56 Å². The quantitative estimate of drug-likeness (QED) is 0.559. The summed E-state index contributed by atoms with van der Waals surface area (Å²) in [6, 6.07) is 0.508. The number of nitro groups is 1. The zero-order valence-corrected chi connectivity index (χ0v) is 6.58. The molecule has 0 radical (unpaired) electrons. The largest absolute Gasteiger partial charge is 0.423 e. The Morgan fingerprint density at radius 3 is 2.43 bits per heavy atom. The van der Waals surface area contributed by atoms with Gasteiger partial charge in [0.25, 0.3) is 0 Å². The molecule has 0 unspecified atom stereocenters. The van der Waals surface area contributed by atoms with E-state index >= 15 is 0 Å². The molecule has 0 aliphatic rings.